The quantitative estimate of drug-likeness (QED) is 0.388. The monoisotopic (exact) mass is 453 g/mol. The summed E-state index contributed by atoms with van der Waals surface area (Å²) in [7, 11) is 1.59. The van der Waals surface area contributed by atoms with Crippen LogP contribution in [0.25, 0.3) is 0 Å². The van der Waals surface area contributed by atoms with Crippen molar-refractivity contribution >= 4 is 34.7 Å². The molecular formula is C23H23N3O7. The van der Waals surface area contributed by atoms with E-state index in [0.717, 1.165) is 0 Å². The van der Waals surface area contributed by atoms with Crippen LogP contribution in [0.4, 0.5) is 17.1 Å². The Morgan fingerprint density at radius 2 is 1.79 bits per heavy atom. The lowest BCUT2D eigenvalue weighted by atomic mass is 9.97. The summed E-state index contributed by atoms with van der Waals surface area (Å²) in [6.07, 6.45) is -0.838. The van der Waals surface area contributed by atoms with Gasteiger partial charge in [0.2, 0.25) is 0 Å². The van der Waals surface area contributed by atoms with Crippen molar-refractivity contribution in [3.63, 3.8) is 0 Å². The SMILES string of the molecule is CC(C)C1Oc2ccc([N+](=O)[O-])cc2N(C(C)C(=O)c2ccc3c(c2)N(C)C(=O)CO3)C1=O. The fourth-order valence-electron chi connectivity index (χ4n) is 3.95. The highest BCUT2D eigenvalue weighted by Gasteiger charge is 2.41. The topological polar surface area (TPSA) is 119 Å². The van der Waals surface area contributed by atoms with Crippen LogP contribution >= 0.6 is 0 Å². The normalized spacial score (nSPS) is 18.3. The number of amides is 2. The Hall–Kier alpha value is -3.95. The third kappa shape index (κ3) is 3.77. The molecular weight excluding hydrogens is 430 g/mol. The van der Waals surface area contributed by atoms with Crippen molar-refractivity contribution in [3.05, 3.63) is 52.1 Å². The third-order valence-corrected chi connectivity index (χ3v) is 5.85. The second-order valence-corrected chi connectivity index (χ2v) is 8.36. The van der Waals surface area contributed by atoms with Crippen LogP contribution in [0.1, 0.15) is 31.1 Å². The standard InChI is InChI=1S/C23H23N3O7/c1-12(2)22-23(29)25(17-10-15(26(30)31)6-8-19(17)33-22)13(3)21(28)14-5-7-18-16(9-14)24(4)20(27)11-32-18/h5-10,12-13,22H,11H2,1-4H3. The molecule has 0 saturated carbocycles. The minimum absolute atomic E-state index is 0.0817. The first-order chi connectivity index (χ1) is 15.6. The van der Waals surface area contributed by atoms with Gasteiger partial charge in [0.15, 0.2) is 18.5 Å². The van der Waals surface area contributed by atoms with E-state index in [4.69, 9.17) is 9.47 Å². The van der Waals surface area contributed by atoms with Crippen LogP contribution in [0, 0.1) is 16.0 Å². The fraction of sp³-hybridized carbons (Fsp3) is 0.348. The molecule has 0 aromatic heterocycles. The number of carbonyl (C=O) groups excluding carboxylic acids is 3. The maximum atomic E-state index is 13.5. The molecule has 2 aliphatic heterocycles. The second kappa shape index (κ2) is 8.19. The van der Waals surface area contributed by atoms with Gasteiger partial charge < -0.3 is 14.4 Å². The summed E-state index contributed by atoms with van der Waals surface area (Å²) < 4.78 is 11.2. The molecule has 2 aromatic rings. The largest absolute Gasteiger partial charge is 0.482 e. The fourth-order valence-corrected chi connectivity index (χ4v) is 3.95. The number of Topliss-reactive ketones (excluding diaryl/α,β-unsaturated/α-hetero) is 1. The van der Waals surface area contributed by atoms with Gasteiger partial charge in [0, 0.05) is 24.7 Å². The van der Waals surface area contributed by atoms with E-state index in [2.05, 4.69) is 0 Å². The molecule has 172 valence electrons. The molecule has 2 aromatic carbocycles. The number of non-ortho nitro benzene ring substituents is 1. The molecule has 2 heterocycles. The Kier molecular flexibility index (Phi) is 5.52. The van der Waals surface area contributed by atoms with Gasteiger partial charge in [-0.1, -0.05) is 13.8 Å². The lowest BCUT2D eigenvalue weighted by Gasteiger charge is -2.38. The van der Waals surface area contributed by atoms with Gasteiger partial charge in [-0.3, -0.25) is 29.4 Å². The van der Waals surface area contributed by atoms with E-state index in [0.29, 0.717) is 17.2 Å². The van der Waals surface area contributed by atoms with Gasteiger partial charge in [0.1, 0.15) is 11.5 Å². The van der Waals surface area contributed by atoms with Crippen molar-refractivity contribution in [3.8, 4) is 11.5 Å². The van der Waals surface area contributed by atoms with Crippen molar-refractivity contribution < 1.29 is 28.8 Å². The van der Waals surface area contributed by atoms with E-state index in [9.17, 15) is 24.5 Å². The number of ketones is 1. The average molecular weight is 453 g/mol. The predicted molar refractivity (Wildman–Crippen MR) is 119 cm³/mol. The molecule has 0 radical (unpaired) electrons. The van der Waals surface area contributed by atoms with Crippen molar-refractivity contribution in [1.29, 1.82) is 0 Å². The summed E-state index contributed by atoms with van der Waals surface area (Å²) in [4.78, 5) is 52.2. The molecule has 2 unspecified atom stereocenters. The average Bonchev–Trinajstić information content (AvgIpc) is 2.79. The number of likely N-dealkylation sites (N-methyl/N-ethyl adjacent to an activating group) is 1. The van der Waals surface area contributed by atoms with Gasteiger partial charge in [-0.25, -0.2) is 0 Å². The summed E-state index contributed by atoms with van der Waals surface area (Å²) >= 11 is 0. The molecule has 2 atom stereocenters. The third-order valence-electron chi connectivity index (χ3n) is 5.85. The lowest BCUT2D eigenvalue weighted by Crippen LogP contribution is -2.54. The summed E-state index contributed by atoms with van der Waals surface area (Å²) in [6.45, 7) is 5.12. The van der Waals surface area contributed by atoms with Gasteiger partial charge in [-0.15, -0.1) is 0 Å². The van der Waals surface area contributed by atoms with Gasteiger partial charge >= 0.3 is 0 Å². The van der Waals surface area contributed by atoms with Crippen LogP contribution in [0.2, 0.25) is 0 Å². The molecule has 2 amide bonds. The Bertz CT molecular complexity index is 1180. The smallest absolute Gasteiger partial charge is 0.271 e. The maximum Gasteiger partial charge on any atom is 0.271 e. The number of rotatable bonds is 5. The van der Waals surface area contributed by atoms with Crippen LogP contribution in [-0.2, 0) is 9.59 Å². The van der Waals surface area contributed by atoms with E-state index < -0.39 is 23.0 Å². The van der Waals surface area contributed by atoms with E-state index in [1.54, 1.807) is 32.2 Å². The maximum absolute atomic E-state index is 13.5. The van der Waals surface area contributed by atoms with Crippen molar-refractivity contribution in [2.24, 2.45) is 5.92 Å². The minimum atomic E-state index is -0.980. The van der Waals surface area contributed by atoms with Gasteiger partial charge in [-0.2, -0.15) is 0 Å². The molecule has 0 N–H and O–H groups in total. The van der Waals surface area contributed by atoms with Crippen molar-refractivity contribution in [2.45, 2.75) is 32.9 Å². The van der Waals surface area contributed by atoms with Crippen LogP contribution in [0.5, 0.6) is 11.5 Å². The van der Waals surface area contributed by atoms with Crippen molar-refractivity contribution in [1.82, 2.24) is 0 Å². The number of anilines is 2. The van der Waals surface area contributed by atoms with Gasteiger partial charge in [0.05, 0.1) is 22.3 Å². The number of nitro benzene ring substituents is 1. The Balaban J connectivity index is 1.75. The van der Waals surface area contributed by atoms with Crippen LogP contribution in [-0.4, -0.2) is 48.3 Å². The first kappa shape index (κ1) is 22.3. The number of nitro groups is 1. The van der Waals surface area contributed by atoms with Crippen LogP contribution in [0.3, 0.4) is 0 Å². The summed E-state index contributed by atoms with van der Waals surface area (Å²) in [6, 6.07) is 7.72. The van der Waals surface area contributed by atoms with E-state index in [1.807, 2.05) is 13.8 Å². The highest BCUT2D eigenvalue weighted by atomic mass is 16.6. The van der Waals surface area contributed by atoms with E-state index in [-0.39, 0.29) is 41.2 Å². The summed E-state index contributed by atoms with van der Waals surface area (Å²) in [5.41, 5.74) is 0.678. The van der Waals surface area contributed by atoms with E-state index >= 15 is 0 Å². The molecule has 0 bridgehead atoms. The van der Waals surface area contributed by atoms with Crippen molar-refractivity contribution in [2.75, 3.05) is 23.5 Å². The first-order valence-corrected chi connectivity index (χ1v) is 10.5. The molecule has 10 nitrogen and oxygen atoms in total. The Morgan fingerprint density at radius 3 is 2.45 bits per heavy atom. The zero-order chi connectivity index (χ0) is 24.0. The lowest BCUT2D eigenvalue weighted by molar-refractivity contribution is -0.384. The molecule has 33 heavy (non-hydrogen) atoms. The number of benzene rings is 2. The zero-order valence-corrected chi connectivity index (χ0v) is 18.6. The molecule has 0 saturated heterocycles. The zero-order valence-electron chi connectivity index (χ0n) is 18.6. The van der Waals surface area contributed by atoms with Gasteiger partial charge in [-0.05, 0) is 37.1 Å². The molecule has 0 spiro atoms. The number of fused-ring (bicyclic) bond motifs is 2. The predicted octanol–water partition coefficient (Wildman–Crippen LogP) is 2.97. The van der Waals surface area contributed by atoms with E-state index in [1.165, 1.54) is 28.0 Å². The van der Waals surface area contributed by atoms with Gasteiger partial charge in [0.25, 0.3) is 17.5 Å². The number of ether oxygens (including phenoxy) is 2. The van der Waals surface area contributed by atoms with Crippen LogP contribution < -0.4 is 19.3 Å². The number of hydrogen-bond donors (Lipinski definition) is 0. The number of hydrogen-bond acceptors (Lipinski definition) is 7. The molecule has 0 aliphatic carbocycles. The Morgan fingerprint density at radius 1 is 1.09 bits per heavy atom. The second-order valence-electron chi connectivity index (χ2n) is 8.36. The Labute approximate surface area is 189 Å². The molecule has 4 rings (SSSR count). The molecule has 2 aliphatic rings. The molecule has 10 heteroatoms. The minimum Gasteiger partial charge on any atom is -0.482 e. The van der Waals surface area contributed by atoms with Crippen LogP contribution in [0.15, 0.2) is 36.4 Å². The first-order valence-electron chi connectivity index (χ1n) is 10.5. The molecule has 0 fully saturated rings. The summed E-state index contributed by atoms with van der Waals surface area (Å²) in [5, 5.41) is 11.3. The summed E-state index contributed by atoms with van der Waals surface area (Å²) in [5.74, 6) is -0.505. The number of carbonyl (C=O) groups is 3. The number of nitrogens with zero attached hydrogens (tertiary/aromatic N) is 3. The highest BCUT2D eigenvalue weighted by Crippen LogP contribution is 2.40. The highest BCUT2D eigenvalue weighted by molar-refractivity contribution is 6.11.